The highest BCUT2D eigenvalue weighted by molar-refractivity contribution is 4.88. The topological polar surface area (TPSA) is 42.2 Å². The second-order valence-electron chi connectivity index (χ2n) is 3.75. The first-order chi connectivity index (χ1) is 7.16. The van der Waals surface area contributed by atoms with Gasteiger partial charge in [-0.25, -0.2) is 8.78 Å². The Morgan fingerprint density at radius 1 is 1.60 bits per heavy atom. The molecule has 0 N–H and O–H groups in total. The molecule has 1 aliphatic heterocycles. The van der Waals surface area contributed by atoms with E-state index in [1.165, 1.54) is 0 Å². The molecule has 84 valence electrons. The van der Waals surface area contributed by atoms with Gasteiger partial charge in [0.25, 0.3) is 6.43 Å². The van der Waals surface area contributed by atoms with Crippen LogP contribution in [-0.4, -0.2) is 34.1 Å². The monoisotopic (exact) mass is 217 g/mol. The maximum absolute atomic E-state index is 12.6. The predicted molar refractivity (Wildman–Crippen MR) is 48.5 cm³/mol. The Kier molecular flexibility index (Phi) is 2.95. The Morgan fingerprint density at radius 2 is 2.40 bits per heavy atom. The van der Waals surface area contributed by atoms with Crippen molar-refractivity contribution in [2.24, 2.45) is 0 Å². The van der Waals surface area contributed by atoms with Gasteiger partial charge in [-0.3, -0.25) is 4.90 Å². The molecule has 0 saturated carbocycles. The van der Waals surface area contributed by atoms with E-state index in [4.69, 9.17) is 4.52 Å². The molecule has 0 aromatic carbocycles. The summed E-state index contributed by atoms with van der Waals surface area (Å²) in [6.07, 6.45) is -0.941. The van der Waals surface area contributed by atoms with Gasteiger partial charge in [-0.2, -0.15) is 4.98 Å². The number of hydrogen-bond donors (Lipinski definition) is 0. The smallest absolute Gasteiger partial charge is 0.253 e. The molecule has 1 aromatic rings. The van der Waals surface area contributed by atoms with Crippen LogP contribution in [0, 0.1) is 6.92 Å². The maximum atomic E-state index is 12.6. The summed E-state index contributed by atoms with van der Waals surface area (Å²) in [6, 6.07) is -0.655. The second-order valence-corrected chi connectivity index (χ2v) is 3.75. The van der Waals surface area contributed by atoms with Gasteiger partial charge in [-0.05, 0) is 26.3 Å². The van der Waals surface area contributed by atoms with Crippen LogP contribution in [0.4, 0.5) is 8.78 Å². The summed E-state index contributed by atoms with van der Waals surface area (Å²) in [5.74, 6) is 0.956. The summed E-state index contributed by atoms with van der Waals surface area (Å²) in [5.41, 5.74) is 0. The van der Waals surface area contributed by atoms with Crippen LogP contribution >= 0.6 is 0 Å². The first kappa shape index (κ1) is 10.5. The molecular weight excluding hydrogens is 204 g/mol. The van der Waals surface area contributed by atoms with E-state index < -0.39 is 12.5 Å². The van der Waals surface area contributed by atoms with Crippen LogP contribution in [0.15, 0.2) is 4.52 Å². The highest BCUT2D eigenvalue weighted by Crippen LogP contribution is 2.24. The molecule has 6 heteroatoms. The number of alkyl halides is 2. The van der Waals surface area contributed by atoms with Gasteiger partial charge in [0.2, 0.25) is 5.89 Å². The molecule has 2 rings (SSSR count). The zero-order chi connectivity index (χ0) is 10.8. The summed E-state index contributed by atoms with van der Waals surface area (Å²) in [7, 11) is 0. The van der Waals surface area contributed by atoms with Crippen molar-refractivity contribution in [3.05, 3.63) is 11.7 Å². The van der Waals surface area contributed by atoms with E-state index in [0.29, 0.717) is 31.2 Å². The average molecular weight is 217 g/mol. The quantitative estimate of drug-likeness (QED) is 0.771. The summed E-state index contributed by atoms with van der Waals surface area (Å²) in [5, 5.41) is 3.63. The molecule has 1 fully saturated rings. The lowest BCUT2D eigenvalue weighted by molar-refractivity contribution is 0.0397. The SMILES string of the molecule is Cc1noc(CN2CCC[C@@H]2C(F)F)n1. The molecule has 1 aromatic heterocycles. The summed E-state index contributed by atoms with van der Waals surface area (Å²) in [6.45, 7) is 2.72. The van der Waals surface area contributed by atoms with Crippen LogP contribution in [-0.2, 0) is 6.54 Å². The minimum absolute atomic E-state index is 0.329. The van der Waals surface area contributed by atoms with Gasteiger partial charge in [0.1, 0.15) is 0 Å². The van der Waals surface area contributed by atoms with E-state index in [1.54, 1.807) is 11.8 Å². The van der Waals surface area contributed by atoms with Crippen molar-refractivity contribution < 1.29 is 13.3 Å². The van der Waals surface area contributed by atoms with Gasteiger partial charge in [0.05, 0.1) is 12.6 Å². The number of halogens is 2. The van der Waals surface area contributed by atoms with Crippen LogP contribution in [0.1, 0.15) is 24.6 Å². The Hall–Kier alpha value is -1.04. The molecule has 1 aliphatic rings. The second kappa shape index (κ2) is 4.22. The molecule has 15 heavy (non-hydrogen) atoms. The van der Waals surface area contributed by atoms with Crippen molar-refractivity contribution >= 4 is 0 Å². The largest absolute Gasteiger partial charge is 0.338 e. The lowest BCUT2D eigenvalue weighted by atomic mass is 10.2. The van der Waals surface area contributed by atoms with E-state index in [9.17, 15) is 8.78 Å². The Morgan fingerprint density at radius 3 is 3.00 bits per heavy atom. The van der Waals surface area contributed by atoms with E-state index >= 15 is 0 Å². The molecule has 0 bridgehead atoms. The summed E-state index contributed by atoms with van der Waals surface area (Å²) in [4.78, 5) is 5.71. The number of rotatable bonds is 3. The third-order valence-corrected chi connectivity index (χ3v) is 2.61. The zero-order valence-corrected chi connectivity index (χ0v) is 8.49. The maximum Gasteiger partial charge on any atom is 0.253 e. The molecule has 0 radical (unpaired) electrons. The third kappa shape index (κ3) is 2.31. The number of hydrogen-bond acceptors (Lipinski definition) is 4. The molecular formula is C9H13F2N3O. The molecule has 0 unspecified atom stereocenters. The Bertz CT molecular complexity index is 329. The van der Waals surface area contributed by atoms with Crippen molar-refractivity contribution in [2.45, 2.75) is 38.8 Å². The van der Waals surface area contributed by atoms with Crippen LogP contribution in [0.5, 0.6) is 0 Å². The van der Waals surface area contributed by atoms with E-state index in [0.717, 1.165) is 6.42 Å². The fourth-order valence-electron chi connectivity index (χ4n) is 1.91. The molecule has 0 spiro atoms. The lowest BCUT2D eigenvalue weighted by Gasteiger charge is -2.21. The van der Waals surface area contributed by atoms with Gasteiger partial charge in [-0.15, -0.1) is 0 Å². The number of aromatic nitrogens is 2. The van der Waals surface area contributed by atoms with Crippen LogP contribution in [0.3, 0.4) is 0 Å². The predicted octanol–water partition coefficient (Wildman–Crippen LogP) is 1.61. The van der Waals surface area contributed by atoms with Gasteiger partial charge in [-0.1, -0.05) is 5.16 Å². The van der Waals surface area contributed by atoms with Crippen LogP contribution < -0.4 is 0 Å². The van der Waals surface area contributed by atoms with Crippen LogP contribution in [0.2, 0.25) is 0 Å². The van der Waals surface area contributed by atoms with Crippen LogP contribution in [0.25, 0.3) is 0 Å². The van der Waals surface area contributed by atoms with E-state index in [2.05, 4.69) is 10.1 Å². The number of likely N-dealkylation sites (tertiary alicyclic amines) is 1. The fourth-order valence-corrected chi connectivity index (χ4v) is 1.91. The molecule has 1 atom stereocenters. The normalized spacial score (nSPS) is 22.8. The highest BCUT2D eigenvalue weighted by atomic mass is 19.3. The molecule has 1 saturated heterocycles. The number of nitrogens with zero attached hydrogens (tertiary/aromatic N) is 3. The fraction of sp³-hybridized carbons (Fsp3) is 0.778. The Labute approximate surface area is 86.3 Å². The van der Waals surface area contributed by atoms with Crippen molar-refractivity contribution in [3.63, 3.8) is 0 Å². The summed E-state index contributed by atoms with van der Waals surface area (Å²) < 4.78 is 30.1. The van der Waals surface area contributed by atoms with Crippen molar-refractivity contribution in [2.75, 3.05) is 6.54 Å². The highest BCUT2D eigenvalue weighted by Gasteiger charge is 2.32. The molecule has 0 amide bonds. The molecule has 0 aliphatic carbocycles. The van der Waals surface area contributed by atoms with Crippen molar-refractivity contribution in [3.8, 4) is 0 Å². The minimum atomic E-state index is -2.29. The third-order valence-electron chi connectivity index (χ3n) is 2.61. The van der Waals surface area contributed by atoms with E-state index in [1.807, 2.05) is 0 Å². The minimum Gasteiger partial charge on any atom is -0.338 e. The summed E-state index contributed by atoms with van der Waals surface area (Å²) >= 11 is 0. The van der Waals surface area contributed by atoms with Gasteiger partial charge >= 0.3 is 0 Å². The first-order valence-electron chi connectivity index (χ1n) is 4.98. The van der Waals surface area contributed by atoms with Gasteiger partial charge in [0.15, 0.2) is 5.82 Å². The van der Waals surface area contributed by atoms with Crippen molar-refractivity contribution in [1.82, 2.24) is 15.0 Å². The zero-order valence-electron chi connectivity index (χ0n) is 8.49. The van der Waals surface area contributed by atoms with E-state index in [-0.39, 0.29) is 0 Å². The van der Waals surface area contributed by atoms with Gasteiger partial charge in [0, 0.05) is 0 Å². The standard InChI is InChI=1S/C9H13F2N3O/c1-6-12-8(15-13-6)5-14-4-2-3-7(14)9(10)11/h7,9H,2-5H2,1H3/t7-/m1/s1. The first-order valence-corrected chi connectivity index (χ1v) is 4.98. The lowest BCUT2D eigenvalue weighted by Crippen LogP contribution is -2.34. The Balaban J connectivity index is 1.99. The van der Waals surface area contributed by atoms with Gasteiger partial charge < -0.3 is 4.52 Å². The average Bonchev–Trinajstić information content (AvgIpc) is 2.75. The molecule has 2 heterocycles. The molecule has 4 nitrogen and oxygen atoms in total. The van der Waals surface area contributed by atoms with Crippen molar-refractivity contribution in [1.29, 1.82) is 0 Å². The number of aryl methyl sites for hydroxylation is 1.